The van der Waals surface area contributed by atoms with E-state index in [4.69, 9.17) is 11.6 Å². The Morgan fingerprint density at radius 1 is 1.21 bits per heavy atom. The van der Waals surface area contributed by atoms with Crippen molar-refractivity contribution in [1.29, 1.82) is 0 Å². The van der Waals surface area contributed by atoms with E-state index in [1.807, 2.05) is 40.9 Å². The van der Waals surface area contributed by atoms with E-state index in [2.05, 4.69) is 20.9 Å². The maximum Gasteiger partial charge on any atom is 0.170 e. The molecule has 0 fully saturated rings. The summed E-state index contributed by atoms with van der Waals surface area (Å²) in [5.41, 5.74) is 1.96. The van der Waals surface area contributed by atoms with E-state index in [0.717, 1.165) is 21.8 Å². The number of hydrogen-bond acceptors (Lipinski definition) is 2. The lowest BCUT2D eigenvalue weighted by Crippen LogP contribution is -1.89. The normalized spacial score (nSPS) is 10.8. The number of imidazole rings is 1. The zero-order chi connectivity index (χ0) is 13.4. The van der Waals surface area contributed by atoms with Crippen molar-refractivity contribution in [2.45, 2.75) is 0 Å². The zero-order valence-electron chi connectivity index (χ0n) is 9.68. The predicted molar refractivity (Wildman–Crippen MR) is 78.7 cm³/mol. The van der Waals surface area contributed by atoms with Crippen LogP contribution in [0.2, 0.25) is 5.02 Å². The molecule has 3 rings (SSSR count). The van der Waals surface area contributed by atoms with Crippen LogP contribution in [-0.2, 0) is 0 Å². The Bertz CT molecular complexity index is 782. The van der Waals surface area contributed by atoms with E-state index in [1.165, 1.54) is 0 Å². The van der Waals surface area contributed by atoms with Crippen LogP contribution in [0.4, 0.5) is 0 Å². The highest BCUT2D eigenvalue weighted by Gasteiger charge is 2.14. The molecule has 0 N–H and O–H groups in total. The molecule has 0 aliphatic carbocycles. The van der Waals surface area contributed by atoms with Crippen molar-refractivity contribution >= 4 is 39.3 Å². The Hall–Kier alpha value is -1.65. The van der Waals surface area contributed by atoms with E-state index >= 15 is 0 Å². The molecule has 0 amide bonds. The minimum atomic E-state index is 0.405. The molecular weight excluding hydrogens is 328 g/mol. The van der Waals surface area contributed by atoms with Crippen molar-refractivity contribution in [3.05, 3.63) is 57.8 Å². The second-order valence-electron chi connectivity index (χ2n) is 4.02. The highest BCUT2D eigenvalue weighted by Crippen LogP contribution is 2.29. The molecule has 0 spiro atoms. The molecule has 0 aliphatic heterocycles. The first-order valence-electron chi connectivity index (χ1n) is 5.58. The number of hydrogen-bond donors (Lipinski definition) is 0. The molecule has 1 aromatic carbocycles. The largest absolute Gasteiger partial charge is 0.298 e. The van der Waals surface area contributed by atoms with E-state index in [1.54, 1.807) is 6.07 Å². The van der Waals surface area contributed by atoms with Crippen molar-refractivity contribution in [2.24, 2.45) is 0 Å². The molecule has 0 unspecified atom stereocenters. The lowest BCUT2D eigenvalue weighted by atomic mass is 10.2. The Morgan fingerprint density at radius 2 is 2.00 bits per heavy atom. The summed E-state index contributed by atoms with van der Waals surface area (Å²) in [5, 5.41) is 0.604. The number of aromatic nitrogens is 2. The molecule has 0 aliphatic rings. The highest BCUT2D eigenvalue weighted by molar-refractivity contribution is 9.10. The van der Waals surface area contributed by atoms with E-state index in [-0.39, 0.29) is 0 Å². The van der Waals surface area contributed by atoms with Gasteiger partial charge < -0.3 is 0 Å². The molecule has 0 radical (unpaired) electrons. The molecule has 3 aromatic rings. The van der Waals surface area contributed by atoms with Gasteiger partial charge in [-0.2, -0.15) is 0 Å². The van der Waals surface area contributed by atoms with Gasteiger partial charge in [0.25, 0.3) is 0 Å². The first-order valence-corrected chi connectivity index (χ1v) is 6.75. The summed E-state index contributed by atoms with van der Waals surface area (Å²) in [6.07, 6.45) is 2.62. The van der Waals surface area contributed by atoms with Gasteiger partial charge in [-0.15, -0.1) is 0 Å². The number of carbonyl (C=O) groups is 1. The van der Waals surface area contributed by atoms with Gasteiger partial charge in [0.1, 0.15) is 11.5 Å². The summed E-state index contributed by atoms with van der Waals surface area (Å²) < 4.78 is 2.76. The summed E-state index contributed by atoms with van der Waals surface area (Å²) >= 11 is 9.62. The Morgan fingerprint density at radius 3 is 2.74 bits per heavy atom. The summed E-state index contributed by atoms with van der Waals surface area (Å²) in [7, 11) is 0. The average molecular weight is 336 g/mol. The van der Waals surface area contributed by atoms with Crippen LogP contribution in [0.5, 0.6) is 0 Å². The van der Waals surface area contributed by atoms with Gasteiger partial charge in [0.15, 0.2) is 6.29 Å². The highest BCUT2D eigenvalue weighted by atomic mass is 79.9. The monoisotopic (exact) mass is 334 g/mol. The van der Waals surface area contributed by atoms with Crippen molar-refractivity contribution in [3.8, 4) is 11.4 Å². The third-order valence-electron chi connectivity index (χ3n) is 2.86. The van der Waals surface area contributed by atoms with Crippen LogP contribution in [-0.4, -0.2) is 15.7 Å². The number of fused-ring (bicyclic) bond motifs is 1. The summed E-state index contributed by atoms with van der Waals surface area (Å²) in [4.78, 5) is 15.5. The number of benzene rings is 1. The molecule has 3 nitrogen and oxygen atoms in total. The third kappa shape index (κ3) is 2.07. The van der Waals surface area contributed by atoms with Gasteiger partial charge >= 0.3 is 0 Å². The van der Waals surface area contributed by atoms with Gasteiger partial charge in [-0.1, -0.05) is 23.7 Å². The molecule has 0 atom stereocenters. The number of carbonyl (C=O) groups excluding carboxylic acids is 1. The number of aldehydes is 1. The van der Waals surface area contributed by atoms with Gasteiger partial charge in [0.05, 0.1) is 10.5 Å². The SMILES string of the molecule is O=Cc1nc(-c2ccccc2Cl)n2cc(Br)ccc12. The standard InChI is InChI=1S/C14H8BrClN2O/c15-9-5-6-13-12(8-19)17-14(18(13)7-9)10-3-1-2-4-11(10)16/h1-8H. The van der Waals surface area contributed by atoms with Gasteiger partial charge in [-0.3, -0.25) is 9.20 Å². The first kappa shape index (κ1) is 12.4. The lowest BCUT2D eigenvalue weighted by Gasteiger charge is -2.03. The minimum Gasteiger partial charge on any atom is -0.298 e. The van der Waals surface area contributed by atoms with E-state index < -0.39 is 0 Å². The molecule has 0 bridgehead atoms. The molecule has 19 heavy (non-hydrogen) atoms. The van der Waals surface area contributed by atoms with Crippen molar-refractivity contribution in [3.63, 3.8) is 0 Å². The van der Waals surface area contributed by atoms with Crippen LogP contribution in [0.25, 0.3) is 16.9 Å². The number of nitrogens with zero attached hydrogens (tertiary/aromatic N) is 2. The summed E-state index contributed by atoms with van der Waals surface area (Å²) in [5.74, 6) is 0.656. The second kappa shape index (κ2) is 4.79. The van der Waals surface area contributed by atoms with Crippen molar-refractivity contribution in [2.75, 3.05) is 0 Å². The fourth-order valence-electron chi connectivity index (χ4n) is 2.00. The third-order valence-corrected chi connectivity index (χ3v) is 3.65. The van der Waals surface area contributed by atoms with Gasteiger partial charge in [0, 0.05) is 16.2 Å². The maximum absolute atomic E-state index is 11.1. The molecule has 94 valence electrons. The van der Waals surface area contributed by atoms with Crippen LogP contribution in [0.15, 0.2) is 47.1 Å². The first-order chi connectivity index (χ1) is 9.20. The lowest BCUT2D eigenvalue weighted by molar-refractivity contribution is 0.112. The number of rotatable bonds is 2. The van der Waals surface area contributed by atoms with Gasteiger partial charge in [-0.05, 0) is 40.2 Å². The minimum absolute atomic E-state index is 0.405. The van der Waals surface area contributed by atoms with Gasteiger partial charge in [-0.25, -0.2) is 4.98 Å². The summed E-state index contributed by atoms with van der Waals surface area (Å²) in [6.45, 7) is 0. The van der Waals surface area contributed by atoms with Crippen LogP contribution >= 0.6 is 27.5 Å². The molecular formula is C14H8BrClN2O. The Kier molecular flexibility index (Phi) is 3.12. The fourth-order valence-corrected chi connectivity index (χ4v) is 2.56. The maximum atomic E-state index is 11.1. The zero-order valence-corrected chi connectivity index (χ0v) is 12.0. The van der Waals surface area contributed by atoms with E-state index in [0.29, 0.717) is 16.5 Å². The molecule has 0 saturated carbocycles. The van der Waals surface area contributed by atoms with Crippen LogP contribution < -0.4 is 0 Å². The molecule has 2 aromatic heterocycles. The van der Waals surface area contributed by atoms with Crippen molar-refractivity contribution < 1.29 is 4.79 Å². The Labute approximate surface area is 123 Å². The van der Waals surface area contributed by atoms with E-state index in [9.17, 15) is 4.79 Å². The second-order valence-corrected chi connectivity index (χ2v) is 5.34. The van der Waals surface area contributed by atoms with Crippen LogP contribution in [0.3, 0.4) is 0 Å². The topological polar surface area (TPSA) is 34.4 Å². The average Bonchev–Trinajstić information content (AvgIpc) is 2.77. The quantitative estimate of drug-likeness (QED) is 0.657. The molecule has 5 heteroatoms. The van der Waals surface area contributed by atoms with Crippen LogP contribution in [0, 0.1) is 0 Å². The van der Waals surface area contributed by atoms with Crippen molar-refractivity contribution in [1.82, 2.24) is 9.38 Å². The smallest absolute Gasteiger partial charge is 0.170 e. The van der Waals surface area contributed by atoms with Crippen LogP contribution in [0.1, 0.15) is 10.5 Å². The number of halogens is 2. The predicted octanol–water partition coefficient (Wildman–Crippen LogP) is 4.23. The van der Waals surface area contributed by atoms with Gasteiger partial charge in [0.2, 0.25) is 0 Å². The Balaban J connectivity index is 2.38. The number of pyridine rings is 1. The molecule has 0 saturated heterocycles. The fraction of sp³-hybridized carbons (Fsp3) is 0. The summed E-state index contributed by atoms with van der Waals surface area (Å²) in [6, 6.07) is 11.2. The molecule has 2 heterocycles.